The second kappa shape index (κ2) is 13.9. The number of nitrogens with zero attached hydrogens (tertiary/aromatic N) is 8. The minimum absolute atomic E-state index is 0.0772. The lowest BCUT2D eigenvalue weighted by Gasteiger charge is -2.45. The van der Waals surface area contributed by atoms with Crippen molar-refractivity contribution in [2.45, 2.75) is 57.5 Å². The maximum atomic E-state index is 15.2. The van der Waals surface area contributed by atoms with E-state index in [0.29, 0.717) is 46.8 Å². The first-order chi connectivity index (χ1) is 22.6. The van der Waals surface area contributed by atoms with E-state index < -0.39 is 17.9 Å². The van der Waals surface area contributed by atoms with Gasteiger partial charge in [0.25, 0.3) is 0 Å². The molecule has 0 aliphatic carbocycles. The monoisotopic (exact) mass is 644 g/mol. The fourth-order valence-corrected chi connectivity index (χ4v) is 6.18. The number of halogens is 1. The Morgan fingerprint density at radius 1 is 1.15 bits per heavy atom. The number of aromatic nitrogens is 3. The summed E-state index contributed by atoms with van der Waals surface area (Å²) in [5, 5.41) is 24.4. The highest BCUT2D eigenvalue weighted by molar-refractivity contribution is 5.77. The van der Waals surface area contributed by atoms with Gasteiger partial charge in [-0.15, -0.1) is 0 Å². The molecule has 0 unspecified atom stereocenters. The molecule has 0 saturated carbocycles. The molecule has 0 radical (unpaired) electrons. The number of carbonyl (C=O) groups is 1. The summed E-state index contributed by atoms with van der Waals surface area (Å²) in [6.45, 7) is 10.1. The Balaban J connectivity index is 1.21. The number of nitriles is 1. The summed E-state index contributed by atoms with van der Waals surface area (Å²) in [6.07, 6.45) is -0.532. The number of hydrazine groups is 1. The first kappa shape index (κ1) is 32.7. The second-order valence-corrected chi connectivity index (χ2v) is 13.0. The normalized spacial score (nSPS) is 21.1. The predicted molar refractivity (Wildman–Crippen MR) is 172 cm³/mol. The van der Waals surface area contributed by atoms with Crippen LogP contribution in [-0.2, 0) is 9.53 Å². The van der Waals surface area contributed by atoms with Crippen LogP contribution in [0.2, 0.25) is 0 Å². The molecular formula is C34H41FN8O4. The van der Waals surface area contributed by atoms with Gasteiger partial charge < -0.3 is 19.5 Å². The highest BCUT2D eigenvalue weighted by Gasteiger charge is 2.35. The first-order valence-corrected chi connectivity index (χ1v) is 16.1. The van der Waals surface area contributed by atoms with Gasteiger partial charge in [0, 0.05) is 44.7 Å². The van der Waals surface area contributed by atoms with E-state index >= 15 is 4.39 Å². The molecule has 1 amide bonds. The number of piperazine rings is 1. The number of para-hydroxylation sites is 1. The van der Waals surface area contributed by atoms with Crippen LogP contribution in [-0.4, -0.2) is 117 Å². The van der Waals surface area contributed by atoms with Crippen LogP contribution in [0, 0.1) is 18.3 Å². The first-order valence-electron chi connectivity index (χ1n) is 16.1. The maximum absolute atomic E-state index is 15.2. The topological polar surface area (TPSA) is 131 Å². The Hall–Kier alpha value is -4.22. The minimum Gasteiger partial charge on any atom is -0.487 e. The van der Waals surface area contributed by atoms with E-state index in [2.05, 4.69) is 25.9 Å². The molecule has 6 rings (SSSR count). The number of likely N-dealkylation sites (tertiary alicyclic amines) is 1. The van der Waals surface area contributed by atoms with Gasteiger partial charge in [-0.3, -0.25) is 9.69 Å². The number of carbonyl (C=O) groups excluding carboxylic acids is 1. The largest absolute Gasteiger partial charge is 0.487 e. The summed E-state index contributed by atoms with van der Waals surface area (Å²) in [5.41, 5.74) is 1.26. The van der Waals surface area contributed by atoms with Crippen LogP contribution in [0.5, 0.6) is 5.75 Å². The van der Waals surface area contributed by atoms with Crippen molar-refractivity contribution in [2.24, 2.45) is 0 Å². The molecule has 3 aromatic rings. The molecule has 4 heterocycles. The standard InChI is InChI=1S/C34H41FN8O4/c1-23-15-27(24(18-36)16-30(23)47-29-9-10-41(19-28(29)35)31(44)17-34(2,3)45)32-37-22-38-33(39-32)43(25-7-5-4-6-8-25)42-13-11-40(12-14-42)26-20-46-21-26/h4-8,15-16,22,26,28-29,45H,9-14,17,19-21H2,1-3H3/t28-,29+/m1/s1. The SMILES string of the molecule is Cc1cc(-c2ncnc(N(c3ccccc3)N3CCN(C4COC4)CC3)n2)c(C#N)cc1O[C@H]1CCN(C(=O)CC(C)(C)O)C[C@H]1F. The number of anilines is 2. The van der Waals surface area contributed by atoms with Gasteiger partial charge in [-0.25, -0.2) is 19.4 Å². The molecular weight excluding hydrogens is 603 g/mol. The van der Waals surface area contributed by atoms with E-state index in [1.165, 1.54) is 11.2 Å². The van der Waals surface area contributed by atoms with Crippen molar-refractivity contribution in [3.8, 4) is 23.2 Å². The number of benzene rings is 2. The van der Waals surface area contributed by atoms with Gasteiger partial charge in [-0.1, -0.05) is 18.2 Å². The van der Waals surface area contributed by atoms with Crippen LogP contribution in [0.15, 0.2) is 48.8 Å². The quantitative estimate of drug-likeness (QED) is 0.368. The van der Waals surface area contributed by atoms with E-state index in [9.17, 15) is 15.2 Å². The van der Waals surface area contributed by atoms with E-state index in [-0.39, 0.29) is 25.3 Å². The number of amides is 1. The number of ether oxygens (including phenoxy) is 2. The van der Waals surface area contributed by atoms with Gasteiger partial charge in [0.15, 0.2) is 12.0 Å². The van der Waals surface area contributed by atoms with E-state index in [1.807, 2.05) is 42.3 Å². The molecule has 248 valence electrons. The highest BCUT2D eigenvalue weighted by atomic mass is 19.1. The summed E-state index contributed by atoms with van der Waals surface area (Å²) < 4.78 is 26.7. The van der Waals surface area contributed by atoms with E-state index in [0.717, 1.165) is 45.1 Å². The Bertz CT molecular complexity index is 1600. The molecule has 13 heteroatoms. The zero-order valence-electron chi connectivity index (χ0n) is 27.0. The molecule has 3 aliphatic rings. The number of aliphatic hydroxyl groups is 1. The average Bonchev–Trinajstić information content (AvgIpc) is 3.02. The van der Waals surface area contributed by atoms with Gasteiger partial charge in [0.1, 0.15) is 24.3 Å². The molecule has 3 saturated heterocycles. The third kappa shape index (κ3) is 7.52. The van der Waals surface area contributed by atoms with Crippen LogP contribution >= 0.6 is 0 Å². The van der Waals surface area contributed by atoms with Crippen LogP contribution in [0.3, 0.4) is 0 Å². The molecule has 1 aromatic heterocycles. The molecule has 2 aromatic carbocycles. The second-order valence-electron chi connectivity index (χ2n) is 13.0. The summed E-state index contributed by atoms with van der Waals surface area (Å²) >= 11 is 0. The summed E-state index contributed by atoms with van der Waals surface area (Å²) in [7, 11) is 0. The van der Waals surface area contributed by atoms with Gasteiger partial charge in [0.2, 0.25) is 11.9 Å². The predicted octanol–water partition coefficient (Wildman–Crippen LogP) is 3.27. The van der Waals surface area contributed by atoms with Crippen molar-refractivity contribution < 1.29 is 23.8 Å². The molecule has 12 nitrogen and oxygen atoms in total. The summed E-state index contributed by atoms with van der Waals surface area (Å²) in [6, 6.07) is 16.0. The van der Waals surface area contributed by atoms with Crippen molar-refractivity contribution in [2.75, 3.05) is 57.5 Å². The fourth-order valence-electron chi connectivity index (χ4n) is 6.18. The van der Waals surface area contributed by atoms with Crippen molar-refractivity contribution in [3.63, 3.8) is 0 Å². The van der Waals surface area contributed by atoms with Gasteiger partial charge in [-0.05, 0) is 50.6 Å². The lowest BCUT2D eigenvalue weighted by molar-refractivity contribution is -0.139. The fraction of sp³-hybridized carbons (Fsp3) is 0.500. The molecule has 2 atom stereocenters. The van der Waals surface area contributed by atoms with Crippen LogP contribution < -0.4 is 9.75 Å². The lowest BCUT2D eigenvalue weighted by Crippen LogP contribution is -2.59. The minimum atomic E-state index is -1.42. The molecule has 0 spiro atoms. The summed E-state index contributed by atoms with van der Waals surface area (Å²) in [5.74, 6) is 0.882. The smallest absolute Gasteiger partial charge is 0.248 e. The van der Waals surface area contributed by atoms with E-state index in [4.69, 9.17) is 14.5 Å². The zero-order chi connectivity index (χ0) is 33.1. The van der Waals surface area contributed by atoms with Crippen LogP contribution in [0.25, 0.3) is 11.4 Å². The number of aryl methyl sites for hydroxylation is 1. The molecule has 47 heavy (non-hydrogen) atoms. The average molecular weight is 645 g/mol. The number of alkyl halides is 1. The molecule has 1 N–H and O–H groups in total. The summed E-state index contributed by atoms with van der Waals surface area (Å²) in [4.78, 5) is 30.3. The van der Waals surface area contributed by atoms with Crippen LogP contribution in [0.1, 0.15) is 37.8 Å². The lowest BCUT2D eigenvalue weighted by atomic mass is 10.0. The van der Waals surface area contributed by atoms with Gasteiger partial charge in [0.05, 0.1) is 49.1 Å². The number of hydrogen-bond acceptors (Lipinski definition) is 11. The molecule has 3 fully saturated rings. The van der Waals surface area contributed by atoms with Crippen molar-refractivity contribution in [1.29, 1.82) is 5.26 Å². The molecule has 0 bridgehead atoms. The third-order valence-corrected chi connectivity index (χ3v) is 8.83. The van der Waals surface area contributed by atoms with Gasteiger partial charge >= 0.3 is 0 Å². The highest BCUT2D eigenvalue weighted by Crippen LogP contribution is 2.33. The Kier molecular flexibility index (Phi) is 9.65. The van der Waals surface area contributed by atoms with E-state index in [1.54, 1.807) is 26.0 Å². The van der Waals surface area contributed by atoms with Gasteiger partial charge in [-0.2, -0.15) is 15.2 Å². The van der Waals surface area contributed by atoms with Crippen molar-refractivity contribution in [3.05, 3.63) is 59.9 Å². The number of hydrogen-bond donors (Lipinski definition) is 1. The zero-order valence-corrected chi connectivity index (χ0v) is 27.0. The molecule has 3 aliphatic heterocycles. The van der Waals surface area contributed by atoms with Crippen molar-refractivity contribution >= 4 is 17.5 Å². The third-order valence-electron chi connectivity index (χ3n) is 8.83. The Labute approximate surface area is 274 Å². The maximum Gasteiger partial charge on any atom is 0.248 e. The van der Waals surface area contributed by atoms with Crippen molar-refractivity contribution in [1.82, 2.24) is 29.8 Å². The number of rotatable bonds is 9. The van der Waals surface area contributed by atoms with Crippen LogP contribution in [0.4, 0.5) is 16.0 Å². The number of piperidine rings is 1. The Morgan fingerprint density at radius 2 is 1.89 bits per heavy atom. The Morgan fingerprint density at radius 3 is 2.53 bits per heavy atom.